The molecule has 138 valence electrons. The fourth-order valence-electron chi connectivity index (χ4n) is 2.78. The van der Waals surface area contributed by atoms with Crippen molar-refractivity contribution in [2.24, 2.45) is 5.10 Å². The summed E-state index contributed by atoms with van der Waals surface area (Å²) in [5.74, 6) is 1.24. The van der Waals surface area contributed by atoms with E-state index in [0.29, 0.717) is 5.82 Å². The average Bonchev–Trinajstić information content (AvgIpc) is 2.96. The van der Waals surface area contributed by atoms with Crippen molar-refractivity contribution >= 4 is 17.7 Å². The molecular weight excluding hydrogens is 346 g/mol. The van der Waals surface area contributed by atoms with Gasteiger partial charge in [0.25, 0.3) is 5.69 Å². The first-order valence-corrected chi connectivity index (χ1v) is 8.22. The van der Waals surface area contributed by atoms with E-state index in [0.717, 1.165) is 28.4 Å². The van der Waals surface area contributed by atoms with Gasteiger partial charge in [0.15, 0.2) is 0 Å². The number of nitro groups is 1. The Kier molecular flexibility index (Phi) is 5.16. The number of rotatable bonds is 6. The Morgan fingerprint density at radius 3 is 2.56 bits per heavy atom. The fraction of sp³-hybridized carbons (Fsp3) is 0.158. The van der Waals surface area contributed by atoms with Crippen LogP contribution in [0.3, 0.4) is 0 Å². The lowest BCUT2D eigenvalue weighted by Crippen LogP contribution is -2.00. The summed E-state index contributed by atoms with van der Waals surface area (Å²) in [6.45, 7) is 4.04. The van der Waals surface area contributed by atoms with Crippen molar-refractivity contribution in [1.82, 2.24) is 9.55 Å². The lowest BCUT2D eigenvalue weighted by Gasteiger charge is -2.10. The summed E-state index contributed by atoms with van der Waals surface area (Å²) in [5.41, 5.74) is 6.83. The third-order valence-electron chi connectivity index (χ3n) is 4.14. The molecule has 0 unspecified atom stereocenters. The van der Waals surface area contributed by atoms with E-state index in [1.165, 1.54) is 18.3 Å². The van der Waals surface area contributed by atoms with Crippen LogP contribution in [0, 0.1) is 24.0 Å². The molecule has 0 saturated carbocycles. The van der Waals surface area contributed by atoms with Crippen molar-refractivity contribution in [2.45, 2.75) is 13.8 Å². The monoisotopic (exact) mass is 365 g/mol. The predicted octanol–water partition coefficient (Wildman–Crippen LogP) is 3.85. The van der Waals surface area contributed by atoms with Crippen LogP contribution in [0.2, 0.25) is 0 Å². The fourth-order valence-corrected chi connectivity index (χ4v) is 2.78. The van der Waals surface area contributed by atoms with Crippen molar-refractivity contribution in [3.05, 3.63) is 75.7 Å². The van der Waals surface area contributed by atoms with Crippen molar-refractivity contribution in [3.8, 4) is 11.4 Å². The summed E-state index contributed by atoms with van der Waals surface area (Å²) in [7, 11) is 1.64. The summed E-state index contributed by atoms with van der Waals surface area (Å²) in [6.07, 6.45) is 2.89. The number of nitrogens with one attached hydrogen (secondary N) is 1. The normalized spacial score (nSPS) is 10.9. The zero-order valence-corrected chi connectivity index (χ0v) is 15.2. The van der Waals surface area contributed by atoms with Crippen LogP contribution in [-0.2, 0) is 0 Å². The van der Waals surface area contributed by atoms with Gasteiger partial charge in [-0.3, -0.25) is 15.5 Å². The molecular formula is C19H19N5O3. The third kappa shape index (κ3) is 3.95. The second kappa shape index (κ2) is 7.69. The van der Waals surface area contributed by atoms with E-state index < -0.39 is 4.92 Å². The molecule has 0 amide bonds. The van der Waals surface area contributed by atoms with Crippen molar-refractivity contribution in [2.75, 3.05) is 12.5 Å². The molecule has 0 atom stereocenters. The smallest absolute Gasteiger partial charge is 0.287 e. The highest BCUT2D eigenvalue weighted by atomic mass is 16.6. The van der Waals surface area contributed by atoms with Gasteiger partial charge in [-0.25, -0.2) is 4.98 Å². The Morgan fingerprint density at radius 1 is 1.22 bits per heavy atom. The summed E-state index contributed by atoms with van der Waals surface area (Å²) < 4.78 is 7.33. The highest BCUT2D eigenvalue weighted by Crippen LogP contribution is 2.22. The standard InChI is InChI=1S/C19H19N5O3/c1-13-10-15(11-21-22-19-9-6-17(12-20-19)24(25)26)14(2)23(13)16-4-7-18(27-3)8-5-16/h4-12H,1-3H3,(H,20,22)/b21-11+. The first kappa shape index (κ1) is 18.1. The first-order chi connectivity index (χ1) is 13.0. The minimum Gasteiger partial charge on any atom is -0.497 e. The van der Waals surface area contributed by atoms with Gasteiger partial charge in [-0.1, -0.05) is 0 Å². The van der Waals surface area contributed by atoms with Crippen LogP contribution in [0.1, 0.15) is 17.0 Å². The lowest BCUT2D eigenvalue weighted by atomic mass is 10.2. The highest BCUT2D eigenvalue weighted by Gasteiger charge is 2.10. The summed E-state index contributed by atoms with van der Waals surface area (Å²) in [4.78, 5) is 14.1. The van der Waals surface area contributed by atoms with Crippen molar-refractivity contribution < 1.29 is 9.66 Å². The van der Waals surface area contributed by atoms with Gasteiger partial charge in [-0.05, 0) is 50.2 Å². The van der Waals surface area contributed by atoms with Crippen LogP contribution >= 0.6 is 0 Å². The summed E-state index contributed by atoms with van der Waals surface area (Å²) >= 11 is 0. The van der Waals surface area contributed by atoms with Crippen LogP contribution in [0.25, 0.3) is 5.69 Å². The molecule has 0 bridgehead atoms. The third-order valence-corrected chi connectivity index (χ3v) is 4.14. The second-order valence-electron chi connectivity index (χ2n) is 5.89. The van der Waals surface area contributed by atoms with Crippen LogP contribution in [0.15, 0.2) is 53.8 Å². The van der Waals surface area contributed by atoms with Gasteiger partial charge in [0.2, 0.25) is 0 Å². The molecule has 0 fully saturated rings. The quantitative estimate of drug-likeness (QED) is 0.407. The number of hydrogen-bond acceptors (Lipinski definition) is 6. The molecule has 8 nitrogen and oxygen atoms in total. The van der Waals surface area contributed by atoms with Crippen LogP contribution in [0.5, 0.6) is 5.75 Å². The van der Waals surface area contributed by atoms with E-state index in [4.69, 9.17) is 4.74 Å². The molecule has 27 heavy (non-hydrogen) atoms. The molecule has 3 rings (SSSR count). The number of aryl methyl sites for hydroxylation is 1. The molecule has 2 heterocycles. The molecule has 1 N–H and O–H groups in total. The van der Waals surface area contributed by atoms with E-state index in [9.17, 15) is 10.1 Å². The highest BCUT2D eigenvalue weighted by molar-refractivity contribution is 5.82. The van der Waals surface area contributed by atoms with E-state index in [1.807, 2.05) is 44.2 Å². The van der Waals surface area contributed by atoms with Crippen molar-refractivity contribution in [1.29, 1.82) is 0 Å². The summed E-state index contributed by atoms with van der Waals surface area (Å²) in [6, 6.07) is 12.8. The number of methoxy groups -OCH3 is 1. The van der Waals surface area contributed by atoms with Crippen molar-refractivity contribution in [3.63, 3.8) is 0 Å². The Morgan fingerprint density at radius 2 is 1.96 bits per heavy atom. The molecule has 0 spiro atoms. The molecule has 0 aliphatic heterocycles. The SMILES string of the molecule is COc1ccc(-n2c(C)cc(/C=N/Nc3ccc([N+](=O)[O-])cn3)c2C)cc1. The van der Waals surface area contributed by atoms with Gasteiger partial charge < -0.3 is 9.30 Å². The molecule has 0 aliphatic carbocycles. The predicted molar refractivity (Wildman–Crippen MR) is 104 cm³/mol. The topological polar surface area (TPSA) is 94.6 Å². The van der Waals surface area contributed by atoms with E-state index in [1.54, 1.807) is 13.3 Å². The number of benzene rings is 1. The van der Waals surface area contributed by atoms with Gasteiger partial charge in [-0.15, -0.1) is 0 Å². The number of hydrazone groups is 1. The van der Waals surface area contributed by atoms with Crippen LogP contribution < -0.4 is 10.2 Å². The second-order valence-corrected chi connectivity index (χ2v) is 5.89. The summed E-state index contributed by atoms with van der Waals surface area (Å²) in [5, 5.41) is 14.8. The van der Waals surface area contributed by atoms with E-state index in [-0.39, 0.29) is 5.69 Å². The van der Waals surface area contributed by atoms with Gasteiger partial charge in [0.05, 0.1) is 18.2 Å². The van der Waals surface area contributed by atoms with E-state index >= 15 is 0 Å². The number of aromatic nitrogens is 2. The largest absolute Gasteiger partial charge is 0.497 e. The minimum atomic E-state index is -0.492. The Bertz CT molecular complexity index is 976. The van der Waals surface area contributed by atoms with E-state index in [2.05, 4.69) is 20.1 Å². The lowest BCUT2D eigenvalue weighted by molar-refractivity contribution is -0.385. The molecule has 1 aromatic carbocycles. The number of pyridine rings is 1. The van der Waals surface area contributed by atoms with Gasteiger partial charge in [0, 0.05) is 28.7 Å². The number of nitrogens with zero attached hydrogens (tertiary/aromatic N) is 4. The number of anilines is 1. The maximum Gasteiger partial charge on any atom is 0.287 e. The first-order valence-electron chi connectivity index (χ1n) is 8.22. The van der Waals surface area contributed by atoms with Gasteiger partial charge >= 0.3 is 0 Å². The molecule has 0 saturated heterocycles. The zero-order chi connectivity index (χ0) is 19.4. The average molecular weight is 365 g/mol. The minimum absolute atomic E-state index is 0.0624. The van der Waals surface area contributed by atoms with Gasteiger partial charge in [-0.2, -0.15) is 5.10 Å². The molecule has 0 aliphatic rings. The molecule has 2 aromatic heterocycles. The number of ether oxygens (including phenoxy) is 1. The Balaban J connectivity index is 1.77. The molecule has 8 heteroatoms. The maximum atomic E-state index is 10.6. The maximum absolute atomic E-state index is 10.6. The zero-order valence-electron chi connectivity index (χ0n) is 15.2. The van der Waals surface area contributed by atoms with Crippen LogP contribution in [-0.4, -0.2) is 27.8 Å². The van der Waals surface area contributed by atoms with Gasteiger partial charge in [0.1, 0.15) is 17.8 Å². The number of hydrogen-bond donors (Lipinski definition) is 1. The Labute approximate surface area is 156 Å². The Hall–Kier alpha value is -3.68. The van der Waals surface area contributed by atoms with Crippen LogP contribution in [0.4, 0.5) is 11.5 Å². The molecule has 3 aromatic rings. The molecule has 0 radical (unpaired) electrons.